The molecule has 4 aromatic rings. The molecule has 0 spiro atoms. The Kier molecular flexibility index (Phi) is 12.6. The molecule has 1 heterocycles. The van der Waals surface area contributed by atoms with E-state index in [0.717, 1.165) is 22.3 Å². The van der Waals surface area contributed by atoms with Crippen LogP contribution in [-0.2, 0) is 50.1 Å². The Hall–Kier alpha value is -2.63. The van der Waals surface area contributed by atoms with Crippen molar-refractivity contribution in [2.24, 2.45) is 0 Å². The molecule has 43 heavy (non-hydrogen) atoms. The fourth-order valence-corrected chi connectivity index (χ4v) is 5.93. The molecule has 4 aromatic carbocycles. The normalized spacial score (nSPS) is 24.0. The smallest absolute Gasteiger partial charge is 0.115 e. The lowest BCUT2D eigenvalue weighted by molar-refractivity contribution is -0.184. The molecule has 0 aromatic heterocycles. The van der Waals surface area contributed by atoms with Crippen molar-refractivity contribution in [1.82, 2.24) is 0 Å². The predicted octanol–water partition coefficient (Wildman–Crippen LogP) is 6.52. The first-order chi connectivity index (χ1) is 21.2. The standard InChI is InChI=1S/C36H39IO6/c37-21-31-33(38)35(41-24-29-17-9-3-10-18-29)36(42-25-30-19-11-4-12-20-30)34(40-23-28-15-7-2-8-16-28)32(43-31)26-39-22-27-13-5-1-6-14-27/h1-20,31-36,38H,21-26H2/t31-,32+,33+,34+,35-,36-/m0/s1. The zero-order valence-electron chi connectivity index (χ0n) is 24.1. The maximum atomic E-state index is 11.7. The van der Waals surface area contributed by atoms with Crippen LogP contribution in [0.3, 0.4) is 0 Å². The highest BCUT2D eigenvalue weighted by Gasteiger charge is 2.48. The molecule has 6 atom stereocenters. The van der Waals surface area contributed by atoms with Gasteiger partial charge in [-0.05, 0) is 22.3 Å². The van der Waals surface area contributed by atoms with Crippen molar-refractivity contribution in [1.29, 1.82) is 0 Å². The monoisotopic (exact) mass is 694 g/mol. The number of aliphatic hydroxyl groups is 1. The van der Waals surface area contributed by atoms with Crippen molar-refractivity contribution < 1.29 is 28.8 Å². The van der Waals surface area contributed by atoms with E-state index in [1.807, 2.05) is 121 Å². The third-order valence-electron chi connectivity index (χ3n) is 7.48. The first-order valence-corrected chi connectivity index (χ1v) is 16.2. The van der Waals surface area contributed by atoms with E-state index in [9.17, 15) is 5.11 Å². The van der Waals surface area contributed by atoms with Gasteiger partial charge in [-0.3, -0.25) is 0 Å². The quantitative estimate of drug-likeness (QED) is 0.120. The van der Waals surface area contributed by atoms with Gasteiger partial charge in [0.25, 0.3) is 0 Å². The molecule has 1 aliphatic rings. The molecule has 1 saturated heterocycles. The van der Waals surface area contributed by atoms with E-state index in [0.29, 0.717) is 30.9 Å². The molecule has 1 N–H and O–H groups in total. The van der Waals surface area contributed by atoms with Crippen LogP contribution in [0.5, 0.6) is 0 Å². The average molecular weight is 695 g/mol. The first-order valence-electron chi connectivity index (χ1n) is 14.7. The zero-order valence-corrected chi connectivity index (χ0v) is 26.3. The summed E-state index contributed by atoms with van der Waals surface area (Å²) in [5, 5.41) is 11.7. The number of halogens is 1. The van der Waals surface area contributed by atoms with E-state index in [1.165, 1.54) is 0 Å². The highest BCUT2D eigenvalue weighted by Crippen LogP contribution is 2.31. The van der Waals surface area contributed by atoms with Crippen LogP contribution in [-0.4, -0.2) is 52.8 Å². The van der Waals surface area contributed by atoms with E-state index in [1.54, 1.807) is 0 Å². The van der Waals surface area contributed by atoms with Crippen LogP contribution in [0.15, 0.2) is 121 Å². The Morgan fingerprint density at radius 1 is 0.512 bits per heavy atom. The number of aliphatic hydroxyl groups excluding tert-OH is 1. The van der Waals surface area contributed by atoms with Crippen LogP contribution in [0.25, 0.3) is 0 Å². The summed E-state index contributed by atoms with van der Waals surface area (Å²) in [5.74, 6) is 0. The predicted molar refractivity (Wildman–Crippen MR) is 175 cm³/mol. The maximum absolute atomic E-state index is 11.7. The van der Waals surface area contributed by atoms with Gasteiger partial charge in [-0.1, -0.05) is 144 Å². The topological polar surface area (TPSA) is 66.4 Å². The molecule has 1 fully saturated rings. The molecule has 1 aliphatic heterocycles. The number of hydrogen-bond acceptors (Lipinski definition) is 6. The minimum atomic E-state index is -0.941. The molecular formula is C36H39IO6. The van der Waals surface area contributed by atoms with Gasteiger partial charge in [-0.25, -0.2) is 0 Å². The second kappa shape index (κ2) is 17.0. The molecule has 226 valence electrons. The second-order valence-corrected chi connectivity index (χ2v) is 11.5. The van der Waals surface area contributed by atoms with Gasteiger partial charge in [-0.2, -0.15) is 0 Å². The van der Waals surface area contributed by atoms with Crippen LogP contribution in [0.4, 0.5) is 0 Å². The fourth-order valence-electron chi connectivity index (χ4n) is 5.20. The van der Waals surface area contributed by atoms with Crippen LogP contribution >= 0.6 is 22.6 Å². The highest BCUT2D eigenvalue weighted by atomic mass is 127. The SMILES string of the molecule is O[C@H]1[C@H](OCc2ccccc2)[C@@H](OCc2ccccc2)[C@H](OCc2ccccc2)[C@@H](COCc2ccccc2)O[C@H]1CI. The number of rotatable bonds is 14. The van der Waals surface area contributed by atoms with Gasteiger partial charge < -0.3 is 28.8 Å². The van der Waals surface area contributed by atoms with Crippen LogP contribution < -0.4 is 0 Å². The Labute approximate surface area is 268 Å². The van der Waals surface area contributed by atoms with Crippen molar-refractivity contribution in [3.63, 3.8) is 0 Å². The van der Waals surface area contributed by atoms with E-state index in [2.05, 4.69) is 22.6 Å². The second-order valence-electron chi connectivity index (χ2n) is 10.6. The van der Waals surface area contributed by atoms with E-state index in [4.69, 9.17) is 23.7 Å². The van der Waals surface area contributed by atoms with Gasteiger partial charge in [0.2, 0.25) is 0 Å². The largest absolute Gasteiger partial charge is 0.388 e. The summed E-state index contributed by atoms with van der Waals surface area (Å²) < 4.78 is 33.2. The molecule has 5 rings (SSSR count). The molecule has 0 amide bonds. The van der Waals surface area contributed by atoms with Gasteiger partial charge in [0.15, 0.2) is 0 Å². The van der Waals surface area contributed by atoms with Gasteiger partial charge in [0.1, 0.15) is 30.5 Å². The van der Waals surface area contributed by atoms with Gasteiger partial charge in [0.05, 0.1) is 39.1 Å². The molecule has 0 saturated carbocycles. The van der Waals surface area contributed by atoms with Crippen molar-refractivity contribution in [3.05, 3.63) is 144 Å². The summed E-state index contributed by atoms with van der Waals surface area (Å²) in [4.78, 5) is 0. The summed E-state index contributed by atoms with van der Waals surface area (Å²) in [5.41, 5.74) is 4.14. The summed E-state index contributed by atoms with van der Waals surface area (Å²) >= 11 is 2.26. The van der Waals surface area contributed by atoms with Gasteiger partial charge in [0, 0.05) is 4.43 Å². The van der Waals surface area contributed by atoms with Crippen LogP contribution in [0, 0.1) is 0 Å². The first kappa shape index (κ1) is 31.8. The third-order valence-corrected chi connectivity index (χ3v) is 8.35. The number of alkyl halides is 1. The molecule has 7 heteroatoms. The maximum Gasteiger partial charge on any atom is 0.115 e. The zero-order chi connectivity index (χ0) is 29.7. The lowest BCUT2D eigenvalue weighted by Gasteiger charge is -2.35. The molecule has 6 nitrogen and oxygen atoms in total. The van der Waals surface area contributed by atoms with E-state index in [-0.39, 0.29) is 6.61 Å². The Balaban J connectivity index is 1.44. The Morgan fingerprint density at radius 3 is 1.35 bits per heavy atom. The van der Waals surface area contributed by atoms with E-state index < -0.39 is 36.6 Å². The molecule has 0 unspecified atom stereocenters. The summed E-state index contributed by atoms with van der Waals surface area (Å²) in [7, 11) is 0. The lowest BCUT2D eigenvalue weighted by atomic mass is 9.98. The molecule has 0 radical (unpaired) electrons. The average Bonchev–Trinajstić information content (AvgIpc) is 3.17. The minimum absolute atomic E-state index is 0.269. The Bertz CT molecular complexity index is 1310. The number of benzene rings is 4. The number of hydrogen-bond donors (Lipinski definition) is 1. The van der Waals surface area contributed by atoms with E-state index >= 15 is 0 Å². The van der Waals surface area contributed by atoms with Gasteiger partial charge in [-0.15, -0.1) is 0 Å². The summed E-state index contributed by atoms with van der Waals surface area (Å²) in [6, 6.07) is 40.1. The van der Waals surface area contributed by atoms with Crippen LogP contribution in [0.1, 0.15) is 22.3 Å². The summed E-state index contributed by atoms with van der Waals surface area (Å²) in [6.45, 7) is 1.72. The third kappa shape index (κ3) is 9.43. The van der Waals surface area contributed by atoms with Crippen molar-refractivity contribution in [2.45, 2.75) is 63.1 Å². The molecule has 0 bridgehead atoms. The van der Waals surface area contributed by atoms with Crippen molar-refractivity contribution in [3.8, 4) is 0 Å². The molecular weight excluding hydrogens is 655 g/mol. The van der Waals surface area contributed by atoms with Crippen molar-refractivity contribution >= 4 is 22.6 Å². The molecule has 0 aliphatic carbocycles. The summed E-state index contributed by atoms with van der Waals surface area (Å²) in [6.07, 6.45) is -3.87. The van der Waals surface area contributed by atoms with Gasteiger partial charge >= 0.3 is 0 Å². The van der Waals surface area contributed by atoms with Crippen molar-refractivity contribution in [2.75, 3.05) is 11.0 Å². The minimum Gasteiger partial charge on any atom is -0.388 e. The highest BCUT2D eigenvalue weighted by molar-refractivity contribution is 14.1. The van der Waals surface area contributed by atoms with Crippen LogP contribution in [0.2, 0.25) is 0 Å². The fraction of sp³-hybridized carbons (Fsp3) is 0.333. The number of ether oxygens (including phenoxy) is 5. The lowest BCUT2D eigenvalue weighted by Crippen LogP contribution is -2.51. The Morgan fingerprint density at radius 2 is 0.907 bits per heavy atom.